The Morgan fingerprint density at radius 3 is 2.75 bits per heavy atom. The zero-order valence-corrected chi connectivity index (χ0v) is 22.2. The third kappa shape index (κ3) is 6.40. The molecule has 2 aliphatic rings. The lowest BCUT2D eigenvalue weighted by molar-refractivity contribution is 0.408. The van der Waals surface area contributed by atoms with E-state index in [1.807, 2.05) is 19.2 Å². The average molecular weight is 571 g/mol. The van der Waals surface area contributed by atoms with Crippen LogP contribution in [-0.4, -0.2) is 63.9 Å². The van der Waals surface area contributed by atoms with Gasteiger partial charge in [0.15, 0.2) is 11.1 Å². The summed E-state index contributed by atoms with van der Waals surface area (Å²) in [7, 11) is 3.57. The van der Waals surface area contributed by atoms with Crippen LogP contribution < -0.4 is 25.2 Å². The van der Waals surface area contributed by atoms with Gasteiger partial charge in [-0.05, 0) is 37.8 Å². The van der Waals surface area contributed by atoms with E-state index in [1.54, 1.807) is 18.4 Å². The lowest BCUT2D eigenvalue weighted by Crippen LogP contribution is -2.51. The van der Waals surface area contributed by atoms with Gasteiger partial charge in [0, 0.05) is 57.6 Å². The molecule has 2 aliphatic heterocycles. The van der Waals surface area contributed by atoms with E-state index >= 15 is 0 Å². The normalized spacial score (nSPS) is 18.9. The summed E-state index contributed by atoms with van der Waals surface area (Å²) in [4.78, 5) is 14.1. The average Bonchev–Trinajstić information content (AvgIpc) is 3.51. The topological polar surface area (TPSA) is 65.0 Å². The number of ether oxygens (including phenoxy) is 1. The van der Waals surface area contributed by atoms with Crippen LogP contribution in [0.25, 0.3) is 0 Å². The van der Waals surface area contributed by atoms with Gasteiger partial charge >= 0.3 is 0 Å². The lowest BCUT2D eigenvalue weighted by atomic mass is 10.0. The Labute approximate surface area is 212 Å². The molecule has 1 aromatic heterocycles. The largest absolute Gasteiger partial charge is 0.495 e. The van der Waals surface area contributed by atoms with Gasteiger partial charge in [0.2, 0.25) is 0 Å². The molecule has 32 heavy (non-hydrogen) atoms. The molecule has 1 atom stereocenters. The van der Waals surface area contributed by atoms with Crippen molar-refractivity contribution in [2.75, 3.05) is 56.7 Å². The summed E-state index contributed by atoms with van der Waals surface area (Å²) in [5, 5.41) is 10.4. The van der Waals surface area contributed by atoms with Gasteiger partial charge in [-0.15, -0.1) is 35.3 Å². The summed E-state index contributed by atoms with van der Waals surface area (Å²) in [5.41, 5.74) is 2.33. The van der Waals surface area contributed by atoms with Crippen molar-refractivity contribution in [1.82, 2.24) is 15.6 Å². The Morgan fingerprint density at radius 2 is 1.97 bits per heavy atom. The van der Waals surface area contributed by atoms with Gasteiger partial charge in [0.1, 0.15) is 5.75 Å². The van der Waals surface area contributed by atoms with E-state index in [0.717, 1.165) is 75.1 Å². The molecule has 7 nitrogen and oxygen atoms in total. The smallest absolute Gasteiger partial charge is 0.191 e. The Morgan fingerprint density at radius 1 is 1.19 bits per heavy atom. The first-order chi connectivity index (χ1) is 15.3. The van der Waals surface area contributed by atoms with Crippen LogP contribution in [0, 0.1) is 0 Å². The highest BCUT2D eigenvalue weighted by atomic mass is 127. The fourth-order valence-corrected chi connectivity index (χ4v) is 5.28. The lowest BCUT2D eigenvalue weighted by Gasteiger charge is -2.36. The molecule has 1 unspecified atom stereocenters. The first kappa shape index (κ1) is 24.9. The van der Waals surface area contributed by atoms with Crippen molar-refractivity contribution in [2.45, 2.75) is 38.1 Å². The van der Waals surface area contributed by atoms with Crippen LogP contribution in [-0.2, 0) is 6.42 Å². The summed E-state index contributed by atoms with van der Waals surface area (Å²) >= 11 is 1.77. The highest BCUT2D eigenvalue weighted by Gasteiger charge is 2.23. The molecule has 2 N–H and O–H groups in total. The fraction of sp³-hybridized carbons (Fsp3) is 0.565. The maximum Gasteiger partial charge on any atom is 0.191 e. The van der Waals surface area contributed by atoms with Crippen molar-refractivity contribution in [3.05, 3.63) is 35.3 Å². The number of benzene rings is 1. The molecular formula is C23H35IN6OS. The summed E-state index contributed by atoms with van der Waals surface area (Å²) in [6.07, 6.45) is 5.76. The Kier molecular flexibility index (Phi) is 9.70. The molecule has 3 heterocycles. The number of methoxy groups -OCH3 is 1. The summed E-state index contributed by atoms with van der Waals surface area (Å²) in [6, 6.07) is 8.61. The molecule has 0 amide bonds. The van der Waals surface area contributed by atoms with E-state index in [1.165, 1.54) is 18.0 Å². The third-order valence-electron chi connectivity index (χ3n) is 6.00. The number of guanidine groups is 1. The van der Waals surface area contributed by atoms with E-state index in [-0.39, 0.29) is 24.0 Å². The van der Waals surface area contributed by atoms with Gasteiger partial charge in [-0.1, -0.05) is 12.1 Å². The third-order valence-corrected chi connectivity index (χ3v) is 6.95. The molecule has 4 rings (SSSR count). The van der Waals surface area contributed by atoms with Crippen LogP contribution in [0.5, 0.6) is 5.75 Å². The number of hydrogen-bond acceptors (Lipinski definition) is 6. The van der Waals surface area contributed by atoms with Gasteiger partial charge in [-0.2, -0.15) is 0 Å². The molecule has 1 aromatic carbocycles. The molecule has 0 radical (unpaired) electrons. The number of nitrogens with zero attached hydrogens (tertiary/aromatic N) is 4. The van der Waals surface area contributed by atoms with E-state index in [9.17, 15) is 0 Å². The SMILES string of the molecule is CN=C(NCCc1csc(N2CCCC2)n1)NC1CCCN(c2ccccc2OC)C1.I. The minimum Gasteiger partial charge on any atom is -0.495 e. The van der Waals surface area contributed by atoms with E-state index in [0.29, 0.717) is 6.04 Å². The van der Waals surface area contributed by atoms with E-state index in [2.05, 4.69) is 42.9 Å². The van der Waals surface area contributed by atoms with Crippen LogP contribution in [0.1, 0.15) is 31.4 Å². The predicted molar refractivity (Wildman–Crippen MR) is 145 cm³/mol. The van der Waals surface area contributed by atoms with E-state index in [4.69, 9.17) is 9.72 Å². The van der Waals surface area contributed by atoms with Crippen molar-refractivity contribution in [1.29, 1.82) is 0 Å². The number of para-hydroxylation sites is 2. The molecule has 2 fully saturated rings. The second kappa shape index (κ2) is 12.5. The number of halogens is 1. The van der Waals surface area contributed by atoms with Crippen LogP contribution in [0.4, 0.5) is 10.8 Å². The Hall–Kier alpha value is -1.75. The molecule has 0 saturated carbocycles. The molecule has 0 bridgehead atoms. The van der Waals surface area contributed by atoms with Crippen molar-refractivity contribution in [3.63, 3.8) is 0 Å². The maximum atomic E-state index is 5.56. The van der Waals surface area contributed by atoms with Crippen molar-refractivity contribution < 1.29 is 4.74 Å². The zero-order chi connectivity index (χ0) is 21.5. The highest BCUT2D eigenvalue weighted by Crippen LogP contribution is 2.30. The van der Waals surface area contributed by atoms with Gasteiger partial charge in [-0.3, -0.25) is 4.99 Å². The monoisotopic (exact) mass is 570 g/mol. The minimum absolute atomic E-state index is 0. The molecule has 2 aromatic rings. The number of thiazole rings is 1. The predicted octanol–water partition coefficient (Wildman–Crippen LogP) is 3.75. The Bertz CT molecular complexity index is 870. The maximum absolute atomic E-state index is 5.56. The van der Waals surface area contributed by atoms with E-state index < -0.39 is 0 Å². The van der Waals surface area contributed by atoms with Crippen LogP contribution >= 0.6 is 35.3 Å². The quantitative estimate of drug-likeness (QED) is 0.301. The first-order valence-corrected chi connectivity index (χ1v) is 12.2. The van der Waals surface area contributed by atoms with Crippen LogP contribution in [0.3, 0.4) is 0 Å². The molecule has 176 valence electrons. The zero-order valence-electron chi connectivity index (χ0n) is 19.0. The van der Waals surface area contributed by atoms with Gasteiger partial charge in [-0.25, -0.2) is 4.98 Å². The van der Waals surface area contributed by atoms with Gasteiger partial charge < -0.3 is 25.2 Å². The highest BCUT2D eigenvalue weighted by molar-refractivity contribution is 14.0. The number of rotatable bonds is 7. The molecule has 2 saturated heterocycles. The standard InChI is InChI=1S/C23H34N6OS.HI/c1-24-22(25-12-11-19-17-31-23(27-19)28-13-5-6-14-28)26-18-8-7-15-29(16-18)20-9-3-4-10-21(20)30-2;/h3-4,9-10,17-18H,5-8,11-16H2,1-2H3,(H2,24,25,26);1H. The second-order valence-electron chi connectivity index (χ2n) is 8.17. The summed E-state index contributed by atoms with van der Waals surface area (Å²) in [6.45, 7) is 5.11. The minimum atomic E-state index is 0. The molecule has 0 aliphatic carbocycles. The fourth-order valence-electron chi connectivity index (χ4n) is 4.37. The molecule has 9 heteroatoms. The number of anilines is 2. The molecular weight excluding hydrogens is 535 g/mol. The molecule has 0 spiro atoms. The summed E-state index contributed by atoms with van der Waals surface area (Å²) < 4.78 is 5.56. The number of aliphatic imine (C=N–C) groups is 1. The number of aromatic nitrogens is 1. The number of nitrogens with one attached hydrogen (secondary N) is 2. The van der Waals surface area contributed by atoms with Gasteiger partial charge in [0.25, 0.3) is 0 Å². The number of piperidine rings is 1. The van der Waals surface area contributed by atoms with Crippen molar-refractivity contribution in [2.24, 2.45) is 4.99 Å². The second-order valence-corrected chi connectivity index (χ2v) is 9.00. The first-order valence-electron chi connectivity index (χ1n) is 11.3. The number of hydrogen-bond donors (Lipinski definition) is 2. The summed E-state index contributed by atoms with van der Waals surface area (Å²) in [5.74, 6) is 1.80. The van der Waals surface area contributed by atoms with Crippen LogP contribution in [0.15, 0.2) is 34.6 Å². The Balaban J connectivity index is 0.00000289. The van der Waals surface area contributed by atoms with Gasteiger partial charge in [0.05, 0.1) is 18.5 Å². The van der Waals surface area contributed by atoms with Crippen LogP contribution in [0.2, 0.25) is 0 Å². The van der Waals surface area contributed by atoms with Crippen molar-refractivity contribution >= 4 is 52.1 Å². The van der Waals surface area contributed by atoms with Crippen molar-refractivity contribution in [3.8, 4) is 5.75 Å².